The smallest absolute Gasteiger partial charge is 0.187 e. The Bertz CT molecular complexity index is 321. The molecule has 0 aliphatic heterocycles. The fourth-order valence-electron chi connectivity index (χ4n) is 1.11. The lowest BCUT2D eigenvalue weighted by Crippen LogP contribution is -1.81. The summed E-state index contributed by atoms with van der Waals surface area (Å²) in [5.74, 6) is 1.74. The molecule has 2 rings (SSSR count). The van der Waals surface area contributed by atoms with Crippen molar-refractivity contribution in [1.29, 1.82) is 0 Å². The van der Waals surface area contributed by atoms with Crippen molar-refractivity contribution in [3.05, 3.63) is 60.7 Å². The van der Waals surface area contributed by atoms with Gasteiger partial charge >= 0.3 is 0 Å². The van der Waals surface area contributed by atoms with Gasteiger partial charge in [0.1, 0.15) is 11.5 Å². The normalized spacial score (nSPS) is 8.86. The second kappa shape index (κ2) is 5.49. The number of hydrogen-bond acceptors (Lipinski definition) is 1. The summed E-state index contributed by atoms with van der Waals surface area (Å²) in [5.41, 5.74) is 0. The fraction of sp³-hybridized carbons (Fsp3) is 0. The number of benzene rings is 2. The van der Waals surface area contributed by atoms with Crippen LogP contribution in [0.15, 0.2) is 60.7 Å². The van der Waals surface area contributed by atoms with Crippen LogP contribution in [0.1, 0.15) is 0 Å². The molecular formula is C12H13AlO. The van der Waals surface area contributed by atoms with E-state index in [1.807, 2.05) is 60.7 Å². The highest BCUT2D eigenvalue weighted by Crippen LogP contribution is 2.19. The lowest BCUT2D eigenvalue weighted by molar-refractivity contribution is 0.482. The Morgan fingerprint density at radius 2 is 0.929 bits per heavy atom. The van der Waals surface area contributed by atoms with Crippen LogP contribution in [0.2, 0.25) is 0 Å². The largest absolute Gasteiger partial charge is 0.457 e. The molecule has 0 spiro atoms. The molecule has 0 unspecified atom stereocenters. The van der Waals surface area contributed by atoms with Gasteiger partial charge in [-0.05, 0) is 24.3 Å². The average molecular weight is 200 g/mol. The number of ether oxygens (including phenoxy) is 1. The van der Waals surface area contributed by atoms with Crippen molar-refractivity contribution in [2.45, 2.75) is 0 Å². The number of rotatable bonds is 2. The zero-order valence-corrected chi connectivity index (χ0v) is 7.18. The molecule has 1 nitrogen and oxygen atoms in total. The van der Waals surface area contributed by atoms with Crippen LogP contribution in [0, 0.1) is 0 Å². The van der Waals surface area contributed by atoms with Crippen LogP contribution in [-0.4, -0.2) is 17.4 Å². The molecular weight excluding hydrogens is 187 g/mol. The summed E-state index contributed by atoms with van der Waals surface area (Å²) in [5, 5.41) is 0. The highest BCUT2D eigenvalue weighted by atomic mass is 27.0. The first-order valence-electron chi connectivity index (χ1n) is 4.23. The van der Waals surface area contributed by atoms with E-state index in [0.717, 1.165) is 11.5 Å². The lowest BCUT2D eigenvalue weighted by Gasteiger charge is -2.03. The van der Waals surface area contributed by atoms with Gasteiger partial charge in [-0.1, -0.05) is 36.4 Å². The Morgan fingerprint density at radius 3 is 1.29 bits per heavy atom. The van der Waals surface area contributed by atoms with Gasteiger partial charge in [-0.2, -0.15) is 0 Å². The Hall–Kier alpha value is -1.23. The van der Waals surface area contributed by atoms with Gasteiger partial charge in [-0.3, -0.25) is 0 Å². The van der Waals surface area contributed by atoms with E-state index in [2.05, 4.69) is 0 Å². The van der Waals surface area contributed by atoms with E-state index < -0.39 is 0 Å². The third-order valence-corrected chi connectivity index (χ3v) is 1.72. The Labute approximate surface area is 94.5 Å². The minimum Gasteiger partial charge on any atom is -0.457 e. The zero-order valence-electron chi connectivity index (χ0n) is 7.18. The second-order valence-electron chi connectivity index (χ2n) is 2.73. The van der Waals surface area contributed by atoms with E-state index in [4.69, 9.17) is 4.74 Å². The average Bonchev–Trinajstić information content (AvgIpc) is 2.21. The molecule has 0 heterocycles. The predicted molar refractivity (Wildman–Crippen MR) is 62.9 cm³/mol. The van der Waals surface area contributed by atoms with Crippen LogP contribution in [0.5, 0.6) is 11.5 Å². The molecule has 0 radical (unpaired) electrons. The molecule has 0 amide bonds. The van der Waals surface area contributed by atoms with Gasteiger partial charge in [0.2, 0.25) is 0 Å². The van der Waals surface area contributed by atoms with Gasteiger partial charge in [0, 0.05) is 0 Å². The van der Waals surface area contributed by atoms with Crippen molar-refractivity contribution in [2.75, 3.05) is 0 Å². The Balaban J connectivity index is 0.000000980. The van der Waals surface area contributed by atoms with E-state index in [1.165, 1.54) is 0 Å². The van der Waals surface area contributed by atoms with E-state index in [0.29, 0.717) is 0 Å². The first-order chi connectivity index (χ1) is 6.45. The molecule has 0 saturated carbocycles. The summed E-state index contributed by atoms with van der Waals surface area (Å²) in [6.45, 7) is 0. The van der Waals surface area contributed by atoms with Crippen molar-refractivity contribution < 1.29 is 4.74 Å². The topological polar surface area (TPSA) is 9.23 Å². The highest BCUT2D eigenvalue weighted by Gasteiger charge is 1.92. The van der Waals surface area contributed by atoms with Crippen molar-refractivity contribution >= 4 is 17.4 Å². The molecule has 0 atom stereocenters. The van der Waals surface area contributed by atoms with Gasteiger partial charge in [0.25, 0.3) is 0 Å². The van der Waals surface area contributed by atoms with Crippen LogP contribution in [0.25, 0.3) is 0 Å². The third kappa shape index (κ3) is 2.92. The molecule has 2 aromatic carbocycles. The quantitative estimate of drug-likeness (QED) is 0.676. The summed E-state index contributed by atoms with van der Waals surface area (Å²) < 4.78 is 5.58. The molecule has 0 saturated heterocycles. The highest BCUT2D eigenvalue weighted by molar-refractivity contribution is 5.75. The van der Waals surface area contributed by atoms with Gasteiger partial charge in [0.15, 0.2) is 17.4 Å². The van der Waals surface area contributed by atoms with Gasteiger partial charge < -0.3 is 4.74 Å². The van der Waals surface area contributed by atoms with E-state index >= 15 is 0 Å². The monoisotopic (exact) mass is 200 g/mol. The zero-order chi connectivity index (χ0) is 8.93. The van der Waals surface area contributed by atoms with E-state index in [-0.39, 0.29) is 17.4 Å². The second-order valence-corrected chi connectivity index (χ2v) is 2.73. The summed E-state index contributed by atoms with van der Waals surface area (Å²) >= 11 is 0. The summed E-state index contributed by atoms with van der Waals surface area (Å²) in [7, 11) is 0. The Kier molecular flexibility index (Phi) is 4.26. The predicted octanol–water partition coefficient (Wildman–Crippen LogP) is 2.29. The lowest BCUT2D eigenvalue weighted by atomic mass is 10.3. The van der Waals surface area contributed by atoms with Crippen molar-refractivity contribution in [3.63, 3.8) is 0 Å². The first-order valence-corrected chi connectivity index (χ1v) is 4.23. The molecule has 70 valence electrons. The van der Waals surface area contributed by atoms with Crippen LogP contribution < -0.4 is 4.74 Å². The molecule has 0 aliphatic carbocycles. The minimum atomic E-state index is 0. The maximum atomic E-state index is 5.58. The summed E-state index contributed by atoms with van der Waals surface area (Å²) in [4.78, 5) is 0. The molecule has 0 bridgehead atoms. The molecule has 0 aromatic heterocycles. The minimum absolute atomic E-state index is 0. The number of hydrogen-bond donors (Lipinski definition) is 0. The van der Waals surface area contributed by atoms with E-state index in [1.54, 1.807) is 0 Å². The standard InChI is InChI=1S/C12H10O.Al.3H/c1-3-7-11(8-4-1)13-12-9-5-2-6-10-12;;;;/h1-10H;;;;. The first kappa shape index (κ1) is 10.9. The van der Waals surface area contributed by atoms with Gasteiger partial charge in [-0.15, -0.1) is 0 Å². The molecule has 14 heavy (non-hydrogen) atoms. The Morgan fingerprint density at radius 1 is 0.571 bits per heavy atom. The maximum Gasteiger partial charge on any atom is 0.187 e. The summed E-state index contributed by atoms with van der Waals surface area (Å²) in [6.07, 6.45) is 0. The molecule has 0 aliphatic rings. The number of para-hydroxylation sites is 2. The van der Waals surface area contributed by atoms with Crippen LogP contribution >= 0.6 is 0 Å². The van der Waals surface area contributed by atoms with Crippen molar-refractivity contribution in [2.24, 2.45) is 0 Å². The molecule has 2 aromatic rings. The van der Waals surface area contributed by atoms with Crippen molar-refractivity contribution in [3.8, 4) is 11.5 Å². The van der Waals surface area contributed by atoms with Crippen molar-refractivity contribution in [1.82, 2.24) is 0 Å². The maximum absolute atomic E-state index is 5.58. The third-order valence-electron chi connectivity index (χ3n) is 1.72. The van der Waals surface area contributed by atoms with E-state index in [9.17, 15) is 0 Å². The van der Waals surface area contributed by atoms with Crippen LogP contribution in [0.3, 0.4) is 0 Å². The van der Waals surface area contributed by atoms with Crippen LogP contribution in [0.4, 0.5) is 0 Å². The van der Waals surface area contributed by atoms with Gasteiger partial charge in [0.05, 0.1) is 0 Å². The summed E-state index contributed by atoms with van der Waals surface area (Å²) in [6, 6.07) is 19.5. The molecule has 0 N–H and O–H groups in total. The molecule has 2 heteroatoms. The fourth-order valence-corrected chi connectivity index (χ4v) is 1.11. The molecule has 0 fully saturated rings. The van der Waals surface area contributed by atoms with Gasteiger partial charge in [-0.25, -0.2) is 0 Å². The van der Waals surface area contributed by atoms with Crippen LogP contribution in [-0.2, 0) is 0 Å². The SMILES string of the molecule is [AlH3].c1ccc(Oc2ccccc2)cc1.